The van der Waals surface area contributed by atoms with E-state index in [1.54, 1.807) is 0 Å². The molecule has 0 spiro atoms. The molecule has 0 saturated heterocycles. The van der Waals surface area contributed by atoms with Crippen LogP contribution < -0.4 is 5.32 Å². The highest BCUT2D eigenvalue weighted by atomic mass is 15.0. The molecule has 2 aliphatic carbocycles. The standard InChI is InChI=1S/C16H29N/c1-6-7-8-12(2)17-14-15(3,4)13-9-10-16(14,5)11-13/h6,12-14,17H,1,7-11H2,2-5H3. The quantitative estimate of drug-likeness (QED) is 0.706. The lowest BCUT2D eigenvalue weighted by Crippen LogP contribution is -2.53. The van der Waals surface area contributed by atoms with Crippen molar-refractivity contribution in [3.8, 4) is 0 Å². The first-order valence-electron chi connectivity index (χ1n) is 7.27. The van der Waals surface area contributed by atoms with Crippen LogP contribution in [0.15, 0.2) is 12.7 Å². The Labute approximate surface area is 107 Å². The second kappa shape index (κ2) is 4.42. The molecule has 2 rings (SSSR count). The molecule has 1 heteroatoms. The number of rotatable bonds is 5. The number of hydrogen-bond donors (Lipinski definition) is 1. The Kier molecular flexibility index (Phi) is 3.42. The third-order valence-corrected chi connectivity index (χ3v) is 5.52. The summed E-state index contributed by atoms with van der Waals surface area (Å²) in [6, 6.07) is 1.32. The van der Waals surface area contributed by atoms with E-state index in [9.17, 15) is 0 Å². The van der Waals surface area contributed by atoms with E-state index in [1.165, 1.54) is 25.7 Å². The molecular formula is C16H29N. The lowest BCUT2D eigenvalue weighted by Gasteiger charge is -2.44. The van der Waals surface area contributed by atoms with Gasteiger partial charge in [-0.05, 0) is 55.8 Å². The zero-order valence-corrected chi connectivity index (χ0v) is 12.1. The Morgan fingerprint density at radius 1 is 1.41 bits per heavy atom. The zero-order chi connectivity index (χ0) is 12.7. The second-order valence-electron chi connectivity index (χ2n) is 7.28. The van der Waals surface area contributed by atoms with Crippen molar-refractivity contribution in [1.29, 1.82) is 0 Å². The van der Waals surface area contributed by atoms with Gasteiger partial charge in [-0.25, -0.2) is 0 Å². The van der Waals surface area contributed by atoms with Gasteiger partial charge in [-0.1, -0.05) is 26.8 Å². The van der Waals surface area contributed by atoms with Crippen LogP contribution in [0.4, 0.5) is 0 Å². The largest absolute Gasteiger partial charge is 0.310 e. The molecule has 4 atom stereocenters. The minimum absolute atomic E-state index is 0.482. The molecule has 17 heavy (non-hydrogen) atoms. The predicted octanol–water partition coefficient (Wildman–Crippen LogP) is 4.15. The van der Waals surface area contributed by atoms with Crippen LogP contribution in [0, 0.1) is 16.7 Å². The molecule has 0 radical (unpaired) electrons. The molecule has 0 aliphatic heterocycles. The number of nitrogens with one attached hydrogen (secondary N) is 1. The summed E-state index contributed by atoms with van der Waals surface area (Å²) in [5.74, 6) is 0.941. The molecule has 0 aromatic rings. The van der Waals surface area contributed by atoms with Crippen molar-refractivity contribution in [3.05, 3.63) is 12.7 Å². The minimum atomic E-state index is 0.482. The molecule has 4 unspecified atom stereocenters. The van der Waals surface area contributed by atoms with Gasteiger partial charge in [0.2, 0.25) is 0 Å². The van der Waals surface area contributed by atoms with E-state index in [1.807, 2.05) is 6.08 Å². The van der Waals surface area contributed by atoms with Crippen molar-refractivity contribution in [2.24, 2.45) is 16.7 Å². The predicted molar refractivity (Wildman–Crippen MR) is 75.0 cm³/mol. The van der Waals surface area contributed by atoms with Crippen molar-refractivity contribution in [2.45, 2.75) is 71.9 Å². The van der Waals surface area contributed by atoms with E-state index in [2.05, 4.69) is 39.6 Å². The average molecular weight is 235 g/mol. The van der Waals surface area contributed by atoms with Crippen molar-refractivity contribution in [2.75, 3.05) is 0 Å². The zero-order valence-electron chi connectivity index (χ0n) is 12.1. The monoisotopic (exact) mass is 235 g/mol. The summed E-state index contributed by atoms with van der Waals surface area (Å²) in [7, 11) is 0. The van der Waals surface area contributed by atoms with E-state index in [0.717, 1.165) is 12.3 Å². The minimum Gasteiger partial charge on any atom is -0.310 e. The van der Waals surface area contributed by atoms with Crippen molar-refractivity contribution >= 4 is 0 Å². The van der Waals surface area contributed by atoms with Crippen molar-refractivity contribution in [1.82, 2.24) is 5.32 Å². The highest BCUT2D eigenvalue weighted by molar-refractivity contribution is 5.12. The molecule has 2 fully saturated rings. The molecule has 1 N–H and O–H groups in total. The summed E-state index contributed by atoms with van der Waals surface area (Å²) in [6.45, 7) is 13.6. The first-order valence-corrected chi connectivity index (χ1v) is 7.27. The van der Waals surface area contributed by atoms with Crippen LogP contribution >= 0.6 is 0 Å². The number of fused-ring (bicyclic) bond motifs is 2. The Bertz CT molecular complexity index is 289. The fourth-order valence-electron chi connectivity index (χ4n) is 4.45. The van der Waals surface area contributed by atoms with Crippen LogP contribution in [0.5, 0.6) is 0 Å². The molecule has 98 valence electrons. The molecule has 0 heterocycles. The van der Waals surface area contributed by atoms with Crippen molar-refractivity contribution < 1.29 is 0 Å². The Morgan fingerprint density at radius 2 is 2.12 bits per heavy atom. The lowest BCUT2D eigenvalue weighted by molar-refractivity contribution is 0.0993. The van der Waals surface area contributed by atoms with Crippen LogP contribution in [-0.4, -0.2) is 12.1 Å². The maximum Gasteiger partial charge on any atom is 0.0177 e. The van der Waals surface area contributed by atoms with Gasteiger partial charge in [0.05, 0.1) is 0 Å². The van der Waals surface area contributed by atoms with Crippen LogP contribution in [0.25, 0.3) is 0 Å². The molecule has 2 bridgehead atoms. The van der Waals surface area contributed by atoms with Gasteiger partial charge in [-0.2, -0.15) is 0 Å². The average Bonchev–Trinajstić information content (AvgIpc) is 2.73. The first kappa shape index (κ1) is 13.1. The summed E-state index contributed by atoms with van der Waals surface area (Å²) < 4.78 is 0. The third-order valence-electron chi connectivity index (χ3n) is 5.52. The summed E-state index contributed by atoms with van der Waals surface area (Å²) in [5, 5.41) is 3.93. The van der Waals surface area contributed by atoms with Gasteiger partial charge in [0.15, 0.2) is 0 Å². The fourth-order valence-corrected chi connectivity index (χ4v) is 4.45. The van der Waals surface area contributed by atoms with Gasteiger partial charge < -0.3 is 5.32 Å². The summed E-state index contributed by atoms with van der Waals surface area (Å²) in [4.78, 5) is 0. The smallest absolute Gasteiger partial charge is 0.0177 e. The van der Waals surface area contributed by atoms with E-state index in [4.69, 9.17) is 0 Å². The van der Waals surface area contributed by atoms with Gasteiger partial charge in [0, 0.05) is 12.1 Å². The van der Waals surface area contributed by atoms with Gasteiger partial charge in [-0.3, -0.25) is 0 Å². The lowest BCUT2D eigenvalue weighted by atomic mass is 9.68. The SMILES string of the molecule is C=CCCC(C)NC1C2(C)CCC(C2)C1(C)C. The van der Waals surface area contributed by atoms with Gasteiger partial charge >= 0.3 is 0 Å². The Hall–Kier alpha value is -0.300. The van der Waals surface area contributed by atoms with Crippen LogP contribution in [0.3, 0.4) is 0 Å². The maximum absolute atomic E-state index is 3.93. The van der Waals surface area contributed by atoms with E-state index >= 15 is 0 Å². The fraction of sp³-hybridized carbons (Fsp3) is 0.875. The summed E-state index contributed by atoms with van der Waals surface area (Å²) in [5.41, 5.74) is 1.03. The molecule has 0 amide bonds. The Morgan fingerprint density at radius 3 is 2.65 bits per heavy atom. The molecule has 1 nitrogen and oxygen atoms in total. The van der Waals surface area contributed by atoms with Gasteiger partial charge in [0.1, 0.15) is 0 Å². The third kappa shape index (κ3) is 2.19. The molecule has 2 aliphatic rings. The van der Waals surface area contributed by atoms with Gasteiger partial charge in [-0.15, -0.1) is 6.58 Å². The normalized spacial score (nSPS) is 40.5. The first-order chi connectivity index (χ1) is 7.90. The molecule has 2 saturated carbocycles. The van der Waals surface area contributed by atoms with E-state index < -0.39 is 0 Å². The summed E-state index contributed by atoms with van der Waals surface area (Å²) >= 11 is 0. The number of allylic oxidation sites excluding steroid dienone is 1. The van der Waals surface area contributed by atoms with Crippen LogP contribution in [0.1, 0.15) is 59.8 Å². The highest BCUT2D eigenvalue weighted by Crippen LogP contribution is 2.62. The molecule has 0 aromatic carbocycles. The molecule has 0 aromatic heterocycles. The summed E-state index contributed by atoms with van der Waals surface area (Å²) in [6.07, 6.45) is 8.69. The Balaban J connectivity index is 2.02. The maximum atomic E-state index is 3.93. The van der Waals surface area contributed by atoms with Crippen LogP contribution in [-0.2, 0) is 0 Å². The highest BCUT2D eigenvalue weighted by Gasteiger charge is 2.59. The molecular weight excluding hydrogens is 206 g/mol. The van der Waals surface area contributed by atoms with Crippen molar-refractivity contribution in [3.63, 3.8) is 0 Å². The number of hydrogen-bond acceptors (Lipinski definition) is 1. The van der Waals surface area contributed by atoms with E-state index in [-0.39, 0.29) is 0 Å². The topological polar surface area (TPSA) is 12.0 Å². The second-order valence-corrected chi connectivity index (χ2v) is 7.28. The van der Waals surface area contributed by atoms with Crippen LogP contribution in [0.2, 0.25) is 0 Å². The van der Waals surface area contributed by atoms with E-state index in [0.29, 0.717) is 22.9 Å². The van der Waals surface area contributed by atoms with Gasteiger partial charge in [0.25, 0.3) is 0 Å².